The highest BCUT2D eigenvalue weighted by molar-refractivity contribution is 5.03. The Kier molecular flexibility index (Phi) is 6.36. The molecule has 2 unspecified atom stereocenters. The van der Waals surface area contributed by atoms with Crippen LogP contribution in [0.2, 0.25) is 0 Å². The van der Waals surface area contributed by atoms with Crippen molar-refractivity contribution in [3.63, 3.8) is 0 Å². The highest BCUT2D eigenvalue weighted by Crippen LogP contribution is 2.11. The Morgan fingerprint density at radius 3 is 2.54 bits per heavy atom. The van der Waals surface area contributed by atoms with Crippen LogP contribution in [0.4, 0.5) is 0 Å². The van der Waals surface area contributed by atoms with Crippen molar-refractivity contribution in [1.29, 1.82) is 0 Å². The number of hydrogen-bond donors (Lipinski definition) is 1. The topological polar surface area (TPSA) is 20.2 Å². The Balaban J connectivity index is 3.78. The SMILES string of the molecule is CC#CC(O)C(C)CCC=C(C)C. The first-order chi connectivity index (χ1) is 6.07. The van der Waals surface area contributed by atoms with E-state index in [1.54, 1.807) is 6.92 Å². The van der Waals surface area contributed by atoms with Crippen molar-refractivity contribution in [1.82, 2.24) is 0 Å². The Bertz CT molecular complexity index is 213. The van der Waals surface area contributed by atoms with Crippen LogP contribution < -0.4 is 0 Å². The first kappa shape index (κ1) is 12.3. The first-order valence-corrected chi connectivity index (χ1v) is 4.81. The lowest BCUT2D eigenvalue weighted by Crippen LogP contribution is -2.14. The number of allylic oxidation sites excluding steroid dienone is 2. The zero-order valence-electron chi connectivity index (χ0n) is 9.09. The number of aliphatic hydroxyl groups excluding tert-OH is 1. The molecule has 0 aromatic heterocycles. The van der Waals surface area contributed by atoms with Gasteiger partial charge in [-0.2, -0.15) is 0 Å². The maximum atomic E-state index is 9.49. The molecule has 2 atom stereocenters. The second-order valence-corrected chi connectivity index (χ2v) is 3.68. The minimum absolute atomic E-state index is 0.267. The second-order valence-electron chi connectivity index (χ2n) is 3.68. The quantitative estimate of drug-likeness (QED) is 0.521. The van der Waals surface area contributed by atoms with E-state index in [1.165, 1.54) is 5.57 Å². The molecule has 74 valence electrons. The van der Waals surface area contributed by atoms with Gasteiger partial charge in [0.15, 0.2) is 0 Å². The van der Waals surface area contributed by atoms with Crippen LogP contribution in [0.5, 0.6) is 0 Å². The van der Waals surface area contributed by atoms with Gasteiger partial charge in [0.05, 0.1) is 0 Å². The summed E-state index contributed by atoms with van der Waals surface area (Å²) in [5.41, 5.74) is 1.34. The zero-order chi connectivity index (χ0) is 10.3. The third-order valence-electron chi connectivity index (χ3n) is 2.01. The highest BCUT2D eigenvalue weighted by atomic mass is 16.3. The minimum Gasteiger partial charge on any atom is -0.380 e. The summed E-state index contributed by atoms with van der Waals surface area (Å²) >= 11 is 0. The van der Waals surface area contributed by atoms with Gasteiger partial charge in [-0.05, 0) is 39.5 Å². The third kappa shape index (κ3) is 6.42. The van der Waals surface area contributed by atoms with Gasteiger partial charge in [0, 0.05) is 0 Å². The molecule has 13 heavy (non-hydrogen) atoms. The fraction of sp³-hybridized carbons (Fsp3) is 0.667. The fourth-order valence-electron chi connectivity index (χ4n) is 1.08. The maximum absolute atomic E-state index is 9.49. The predicted molar refractivity (Wildman–Crippen MR) is 57.3 cm³/mol. The molecule has 0 aromatic carbocycles. The van der Waals surface area contributed by atoms with Gasteiger partial charge in [-0.3, -0.25) is 0 Å². The molecule has 0 saturated heterocycles. The van der Waals surface area contributed by atoms with Gasteiger partial charge in [-0.1, -0.05) is 24.5 Å². The zero-order valence-corrected chi connectivity index (χ0v) is 9.09. The van der Waals surface area contributed by atoms with Crippen LogP contribution in [-0.2, 0) is 0 Å². The number of aliphatic hydroxyl groups is 1. The van der Waals surface area contributed by atoms with Gasteiger partial charge in [-0.15, -0.1) is 5.92 Å². The Hall–Kier alpha value is -0.740. The largest absolute Gasteiger partial charge is 0.380 e. The van der Waals surface area contributed by atoms with E-state index in [2.05, 4.69) is 31.8 Å². The molecule has 1 heteroatoms. The molecule has 0 amide bonds. The van der Waals surface area contributed by atoms with Crippen LogP contribution in [0.15, 0.2) is 11.6 Å². The molecule has 0 spiro atoms. The van der Waals surface area contributed by atoms with Crippen LogP contribution in [-0.4, -0.2) is 11.2 Å². The summed E-state index contributed by atoms with van der Waals surface area (Å²) in [6.07, 6.45) is 3.77. The maximum Gasteiger partial charge on any atom is 0.117 e. The second kappa shape index (κ2) is 6.74. The van der Waals surface area contributed by atoms with E-state index in [1.807, 2.05) is 6.92 Å². The molecular formula is C12H20O. The Morgan fingerprint density at radius 1 is 1.46 bits per heavy atom. The minimum atomic E-state index is -0.462. The molecule has 0 aliphatic rings. The molecule has 1 nitrogen and oxygen atoms in total. The van der Waals surface area contributed by atoms with E-state index >= 15 is 0 Å². The molecule has 0 bridgehead atoms. The average molecular weight is 180 g/mol. The summed E-state index contributed by atoms with van der Waals surface area (Å²) in [6.45, 7) is 7.97. The van der Waals surface area contributed by atoms with Gasteiger partial charge in [0.2, 0.25) is 0 Å². The van der Waals surface area contributed by atoms with E-state index in [0.717, 1.165) is 12.8 Å². The average Bonchev–Trinajstić information content (AvgIpc) is 2.04. The van der Waals surface area contributed by atoms with Gasteiger partial charge in [0.25, 0.3) is 0 Å². The van der Waals surface area contributed by atoms with Gasteiger partial charge < -0.3 is 5.11 Å². The van der Waals surface area contributed by atoms with Crippen LogP contribution >= 0.6 is 0 Å². The van der Waals surface area contributed by atoms with E-state index < -0.39 is 6.10 Å². The van der Waals surface area contributed by atoms with Crippen molar-refractivity contribution in [2.24, 2.45) is 5.92 Å². The lowest BCUT2D eigenvalue weighted by Gasteiger charge is -2.12. The van der Waals surface area contributed by atoms with Crippen molar-refractivity contribution < 1.29 is 5.11 Å². The molecule has 0 aliphatic heterocycles. The van der Waals surface area contributed by atoms with E-state index in [4.69, 9.17) is 0 Å². The van der Waals surface area contributed by atoms with Crippen molar-refractivity contribution in [3.05, 3.63) is 11.6 Å². The third-order valence-corrected chi connectivity index (χ3v) is 2.01. The van der Waals surface area contributed by atoms with Gasteiger partial charge >= 0.3 is 0 Å². The molecule has 0 saturated carbocycles. The van der Waals surface area contributed by atoms with Crippen LogP contribution in [0, 0.1) is 17.8 Å². The van der Waals surface area contributed by atoms with Crippen LogP contribution in [0.25, 0.3) is 0 Å². The Morgan fingerprint density at radius 2 is 2.08 bits per heavy atom. The molecule has 0 heterocycles. The summed E-state index contributed by atoms with van der Waals surface area (Å²) < 4.78 is 0. The molecular weight excluding hydrogens is 160 g/mol. The van der Waals surface area contributed by atoms with Crippen molar-refractivity contribution in [3.8, 4) is 11.8 Å². The molecule has 0 aromatic rings. The van der Waals surface area contributed by atoms with Crippen LogP contribution in [0.3, 0.4) is 0 Å². The van der Waals surface area contributed by atoms with E-state index in [9.17, 15) is 5.11 Å². The van der Waals surface area contributed by atoms with Crippen LogP contribution in [0.1, 0.15) is 40.5 Å². The normalized spacial score (nSPS) is 13.9. The van der Waals surface area contributed by atoms with E-state index in [-0.39, 0.29) is 5.92 Å². The summed E-state index contributed by atoms with van der Waals surface area (Å²) in [4.78, 5) is 0. The monoisotopic (exact) mass is 180 g/mol. The predicted octanol–water partition coefficient (Wildman–Crippen LogP) is 2.75. The molecule has 0 aliphatic carbocycles. The summed E-state index contributed by atoms with van der Waals surface area (Å²) in [5, 5.41) is 9.49. The van der Waals surface area contributed by atoms with Gasteiger partial charge in [0.1, 0.15) is 6.10 Å². The summed E-state index contributed by atoms with van der Waals surface area (Å²) in [7, 11) is 0. The lowest BCUT2D eigenvalue weighted by atomic mass is 9.99. The number of rotatable bonds is 4. The first-order valence-electron chi connectivity index (χ1n) is 4.81. The van der Waals surface area contributed by atoms with Gasteiger partial charge in [-0.25, -0.2) is 0 Å². The molecule has 1 N–H and O–H groups in total. The fourth-order valence-corrected chi connectivity index (χ4v) is 1.08. The highest BCUT2D eigenvalue weighted by Gasteiger charge is 2.09. The molecule has 0 rings (SSSR count). The van der Waals surface area contributed by atoms with Crippen molar-refractivity contribution in [2.45, 2.75) is 46.6 Å². The van der Waals surface area contributed by atoms with Crippen molar-refractivity contribution >= 4 is 0 Å². The summed E-state index contributed by atoms with van der Waals surface area (Å²) in [6, 6.07) is 0. The Labute approximate surface area is 81.9 Å². The summed E-state index contributed by atoms with van der Waals surface area (Å²) in [5.74, 6) is 5.77. The standard InChI is InChI=1S/C12H20O/c1-5-7-12(13)11(4)9-6-8-10(2)3/h8,11-13H,6,9H2,1-4H3. The molecule has 0 radical (unpaired) electrons. The number of hydrogen-bond acceptors (Lipinski definition) is 1. The van der Waals surface area contributed by atoms with Crippen molar-refractivity contribution in [2.75, 3.05) is 0 Å². The van der Waals surface area contributed by atoms with E-state index in [0.29, 0.717) is 0 Å². The molecule has 0 fully saturated rings. The smallest absolute Gasteiger partial charge is 0.117 e. The lowest BCUT2D eigenvalue weighted by molar-refractivity contribution is 0.166.